The molecule has 0 fully saturated rings. The molecule has 3 N–H and O–H groups in total. The number of hydrogen-bond acceptors (Lipinski definition) is 5. The molecule has 6 heteroatoms. The minimum absolute atomic E-state index is 0.0302. The molecule has 116 valence electrons. The third kappa shape index (κ3) is 4.53. The summed E-state index contributed by atoms with van der Waals surface area (Å²) in [5.74, 6) is 0.138. The maximum absolute atomic E-state index is 12.0. The summed E-state index contributed by atoms with van der Waals surface area (Å²) < 4.78 is 1.53. The highest BCUT2D eigenvalue weighted by atomic mass is 16.3. The Morgan fingerprint density at radius 2 is 2.00 bits per heavy atom. The molecule has 2 aromatic heterocycles. The van der Waals surface area contributed by atoms with Crippen LogP contribution >= 0.6 is 0 Å². The molecular weight excluding hydrogens is 268 g/mol. The summed E-state index contributed by atoms with van der Waals surface area (Å²) in [5.41, 5.74) is 6.56. The Bertz CT molecular complexity index is 635. The first-order chi connectivity index (χ1) is 10.0. The summed E-state index contributed by atoms with van der Waals surface area (Å²) in [6.07, 6.45) is 4.74. The van der Waals surface area contributed by atoms with Crippen molar-refractivity contribution in [1.82, 2.24) is 14.5 Å². The van der Waals surface area contributed by atoms with Crippen molar-refractivity contribution in [2.24, 2.45) is 0 Å². The molecule has 21 heavy (non-hydrogen) atoms. The molecule has 0 aromatic carbocycles. The van der Waals surface area contributed by atoms with E-state index in [0.717, 1.165) is 5.39 Å². The van der Waals surface area contributed by atoms with Crippen LogP contribution in [-0.4, -0.2) is 26.2 Å². The smallest absolute Gasteiger partial charge is 0.255 e. The predicted molar refractivity (Wildman–Crippen MR) is 85.2 cm³/mol. The second kappa shape index (κ2) is 8.36. The number of pyridine rings is 1. The highest BCUT2D eigenvalue weighted by Crippen LogP contribution is 2.11. The van der Waals surface area contributed by atoms with Gasteiger partial charge in [0.15, 0.2) is 0 Å². The van der Waals surface area contributed by atoms with Crippen molar-refractivity contribution in [3.8, 4) is 0 Å². The van der Waals surface area contributed by atoms with E-state index in [-0.39, 0.29) is 18.1 Å². The molecule has 0 saturated carbocycles. The van der Waals surface area contributed by atoms with Gasteiger partial charge < -0.3 is 10.8 Å². The fourth-order valence-electron chi connectivity index (χ4n) is 1.75. The highest BCUT2D eigenvalue weighted by molar-refractivity contribution is 5.75. The molecule has 2 rings (SSSR count). The lowest BCUT2D eigenvalue weighted by molar-refractivity contribution is 0.279. The Labute approximate surface area is 124 Å². The maximum atomic E-state index is 12.0. The number of aromatic nitrogens is 3. The fraction of sp³-hybridized carbons (Fsp3) is 0.533. The molecular formula is C15H24N4O2. The summed E-state index contributed by atoms with van der Waals surface area (Å²) >= 11 is 0. The van der Waals surface area contributed by atoms with E-state index in [1.165, 1.54) is 17.4 Å². The van der Waals surface area contributed by atoms with Crippen LogP contribution in [0.1, 0.15) is 38.7 Å². The third-order valence-electron chi connectivity index (χ3n) is 3.06. The van der Waals surface area contributed by atoms with E-state index in [0.29, 0.717) is 24.2 Å². The first kappa shape index (κ1) is 17.1. The number of aliphatic hydroxyl groups is 1. The Morgan fingerprint density at radius 3 is 2.57 bits per heavy atom. The third-order valence-corrected chi connectivity index (χ3v) is 3.06. The number of aryl methyl sites for hydroxylation is 2. The second-order valence-corrected chi connectivity index (χ2v) is 4.87. The number of nitrogen functional groups attached to an aromatic ring is 1. The molecule has 0 aliphatic heterocycles. The molecule has 0 radical (unpaired) electrons. The Morgan fingerprint density at radius 1 is 1.33 bits per heavy atom. The molecule has 2 heterocycles. The van der Waals surface area contributed by atoms with Gasteiger partial charge in [-0.2, -0.15) is 4.98 Å². The van der Waals surface area contributed by atoms with Crippen LogP contribution in [0, 0.1) is 6.92 Å². The largest absolute Gasteiger partial charge is 0.396 e. The van der Waals surface area contributed by atoms with E-state index >= 15 is 0 Å². The summed E-state index contributed by atoms with van der Waals surface area (Å²) in [4.78, 5) is 20.0. The average Bonchev–Trinajstić information content (AvgIpc) is 2.49. The van der Waals surface area contributed by atoms with Gasteiger partial charge in [-0.25, -0.2) is 4.98 Å². The summed E-state index contributed by atoms with van der Waals surface area (Å²) in [7, 11) is 0. The van der Waals surface area contributed by atoms with E-state index in [2.05, 4.69) is 23.8 Å². The number of rotatable bonds is 4. The van der Waals surface area contributed by atoms with E-state index in [9.17, 15) is 4.79 Å². The number of anilines is 1. The van der Waals surface area contributed by atoms with E-state index in [1.54, 1.807) is 19.2 Å². The quantitative estimate of drug-likeness (QED) is 0.897. The molecule has 0 aliphatic rings. The molecule has 2 aromatic rings. The SMILES string of the molecule is CCCC.Cc1cc2cnc(N)nc2n(CCCO)c1=O. The van der Waals surface area contributed by atoms with Crippen molar-refractivity contribution in [2.45, 2.75) is 46.6 Å². The predicted octanol–water partition coefficient (Wildman–Crippen LogP) is 1.87. The monoisotopic (exact) mass is 292 g/mol. The van der Waals surface area contributed by atoms with Crippen LogP contribution in [0.15, 0.2) is 17.1 Å². The molecule has 0 aliphatic carbocycles. The fourth-order valence-corrected chi connectivity index (χ4v) is 1.75. The zero-order valence-electron chi connectivity index (χ0n) is 13.0. The van der Waals surface area contributed by atoms with Crippen LogP contribution < -0.4 is 11.3 Å². The number of fused-ring (bicyclic) bond motifs is 1. The van der Waals surface area contributed by atoms with Gasteiger partial charge in [0.2, 0.25) is 5.95 Å². The highest BCUT2D eigenvalue weighted by Gasteiger charge is 2.08. The lowest BCUT2D eigenvalue weighted by atomic mass is 10.2. The van der Waals surface area contributed by atoms with Gasteiger partial charge in [-0.15, -0.1) is 0 Å². The van der Waals surface area contributed by atoms with Crippen molar-refractivity contribution >= 4 is 17.0 Å². The van der Waals surface area contributed by atoms with Crippen LogP contribution in [0.25, 0.3) is 11.0 Å². The lowest BCUT2D eigenvalue weighted by Crippen LogP contribution is -2.24. The van der Waals surface area contributed by atoms with Crippen LogP contribution in [-0.2, 0) is 6.54 Å². The van der Waals surface area contributed by atoms with Crippen LogP contribution in [0.4, 0.5) is 5.95 Å². The first-order valence-electron chi connectivity index (χ1n) is 7.28. The van der Waals surface area contributed by atoms with Crippen molar-refractivity contribution in [3.63, 3.8) is 0 Å². The van der Waals surface area contributed by atoms with Gasteiger partial charge in [0.05, 0.1) is 0 Å². The van der Waals surface area contributed by atoms with Gasteiger partial charge >= 0.3 is 0 Å². The number of unbranched alkanes of at least 4 members (excludes halogenated alkanes) is 1. The van der Waals surface area contributed by atoms with Crippen molar-refractivity contribution in [1.29, 1.82) is 0 Å². The summed E-state index contributed by atoms with van der Waals surface area (Å²) in [5, 5.41) is 9.61. The van der Waals surface area contributed by atoms with Gasteiger partial charge in [-0.1, -0.05) is 26.7 Å². The van der Waals surface area contributed by atoms with Gasteiger partial charge in [-0.05, 0) is 19.4 Å². The normalized spacial score (nSPS) is 10.3. The van der Waals surface area contributed by atoms with Crippen molar-refractivity contribution in [2.75, 3.05) is 12.3 Å². The number of hydrogen-bond donors (Lipinski definition) is 2. The molecule has 0 atom stereocenters. The van der Waals surface area contributed by atoms with E-state index < -0.39 is 0 Å². The maximum Gasteiger partial charge on any atom is 0.255 e. The van der Waals surface area contributed by atoms with E-state index in [1.807, 2.05) is 0 Å². The Hall–Kier alpha value is -1.95. The molecule has 0 amide bonds. The van der Waals surface area contributed by atoms with Gasteiger partial charge in [0.1, 0.15) is 5.65 Å². The van der Waals surface area contributed by atoms with Gasteiger partial charge in [-0.3, -0.25) is 9.36 Å². The van der Waals surface area contributed by atoms with Crippen LogP contribution in [0.2, 0.25) is 0 Å². The first-order valence-corrected chi connectivity index (χ1v) is 7.28. The topological polar surface area (TPSA) is 94.0 Å². The minimum Gasteiger partial charge on any atom is -0.396 e. The minimum atomic E-state index is -0.107. The van der Waals surface area contributed by atoms with Gasteiger partial charge in [0, 0.05) is 30.3 Å². The Kier molecular flexibility index (Phi) is 6.81. The Balaban J connectivity index is 0.000000491. The molecule has 6 nitrogen and oxygen atoms in total. The number of nitrogens with two attached hydrogens (primary N) is 1. The van der Waals surface area contributed by atoms with Crippen molar-refractivity contribution in [3.05, 3.63) is 28.2 Å². The van der Waals surface area contributed by atoms with E-state index in [4.69, 9.17) is 10.8 Å². The summed E-state index contributed by atoms with van der Waals surface area (Å²) in [6, 6.07) is 1.74. The van der Waals surface area contributed by atoms with Crippen LogP contribution in [0.5, 0.6) is 0 Å². The molecule has 0 saturated heterocycles. The second-order valence-electron chi connectivity index (χ2n) is 4.87. The number of nitrogens with zero attached hydrogens (tertiary/aromatic N) is 3. The lowest BCUT2D eigenvalue weighted by Gasteiger charge is -2.09. The molecule has 0 bridgehead atoms. The van der Waals surface area contributed by atoms with Crippen molar-refractivity contribution < 1.29 is 5.11 Å². The van der Waals surface area contributed by atoms with Gasteiger partial charge in [0.25, 0.3) is 5.56 Å². The average molecular weight is 292 g/mol. The zero-order chi connectivity index (χ0) is 15.8. The standard InChI is InChI=1S/C11H14N4O2.C4H10/c1-7-5-8-6-13-11(12)14-9(8)15(10(7)17)3-2-4-16;1-3-4-2/h5-6,16H,2-4H2,1H3,(H2,12,13,14);3-4H2,1-2H3. The number of aliphatic hydroxyl groups excluding tert-OH is 1. The zero-order valence-corrected chi connectivity index (χ0v) is 13.0. The van der Waals surface area contributed by atoms with Crippen LogP contribution in [0.3, 0.4) is 0 Å². The molecule has 0 unspecified atom stereocenters. The summed E-state index contributed by atoms with van der Waals surface area (Å²) in [6.45, 7) is 6.56. The molecule has 0 spiro atoms.